The van der Waals surface area contributed by atoms with Crippen LogP contribution in [-0.4, -0.2) is 22.8 Å². The third-order valence-corrected chi connectivity index (χ3v) is 7.40. The van der Waals surface area contributed by atoms with Gasteiger partial charge in [-0.2, -0.15) is 0 Å². The number of carbonyl (C=O) groups excluding carboxylic acids is 1. The van der Waals surface area contributed by atoms with Crippen molar-refractivity contribution in [3.63, 3.8) is 0 Å². The number of rotatable bonds is 26. The van der Waals surface area contributed by atoms with Crippen molar-refractivity contribution in [2.45, 2.75) is 155 Å². The van der Waals surface area contributed by atoms with E-state index in [4.69, 9.17) is 4.74 Å². The van der Waals surface area contributed by atoms with Crippen molar-refractivity contribution in [1.29, 1.82) is 0 Å². The van der Waals surface area contributed by atoms with Crippen LogP contribution in [0.2, 0.25) is 0 Å². The Balaban J connectivity index is 1.75. The molecule has 2 N–H and O–H groups in total. The fourth-order valence-electron chi connectivity index (χ4n) is 4.92. The van der Waals surface area contributed by atoms with Gasteiger partial charge in [-0.15, -0.1) is 0 Å². The van der Waals surface area contributed by atoms with Gasteiger partial charge in [0.1, 0.15) is 0 Å². The number of hydrogen-bond donors (Lipinski definition) is 2. The standard InChI is InChI=1S/C34H58O4/c1-2-3-4-5-6-7-8-9-10-11-12-13-14-15-16-17-18-19-20-21-22-23-24-29-38-34(37)28-26-31-25-27-32(35)33(36)30-31/h25-28,30,35-36H,2-24,29H2,1H3/b28-26+. The van der Waals surface area contributed by atoms with Crippen molar-refractivity contribution in [2.75, 3.05) is 6.61 Å². The second-order valence-corrected chi connectivity index (χ2v) is 11.0. The van der Waals surface area contributed by atoms with Gasteiger partial charge in [-0.05, 0) is 30.2 Å². The van der Waals surface area contributed by atoms with Crippen LogP contribution < -0.4 is 0 Å². The van der Waals surface area contributed by atoms with Gasteiger partial charge in [0.2, 0.25) is 0 Å². The number of phenols is 2. The third kappa shape index (κ3) is 21.0. The summed E-state index contributed by atoms with van der Waals surface area (Å²) in [4.78, 5) is 11.8. The highest BCUT2D eigenvalue weighted by atomic mass is 16.5. The number of esters is 1. The van der Waals surface area contributed by atoms with E-state index >= 15 is 0 Å². The van der Waals surface area contributed by atoms with E-state index in [2.05, 4.69) is 6.92 Å². The molecular formula is C34H58O4. The number of phenolic OH excluding ortho intramolecular Hbond substituents is 2. The fourth-order valence-corrected chi connectivity index (χ4v) is 4.92. The molecule has 0 unspecified atom stereocenters. The molecule has 0 saturated heterocycles. The van der Waals surface area contributed by atoms with E-state index in [1.807, 2.05) is 0 Å². The molecule has 0 aliphatic carbocycles. The van der Waals surface area contributed by atoms with Gasteiger partial charge < -0.3 is 14.9 Å². The number of ether oxygens (including phenoxy) is 1. The maximum atomic E-state index is 11.8. The molecule has 218 valence electrons. The Hall–Kier alpha value is -1.97. The molecule has 0 saturated carbocycles. The summed E-state index contributed by atoms with van der Waals surface area (Å²) in [5.74, 6) is -0.758. The molecule has 0 aromatic heterocycles. The zero-order chi connectivity index (χ0) is 27.5. The van der Waals surface area contributed by atoms with Crippen molar-refractivity contribution in [3.05, 3.63) is 29.8 Å². The number of benzene rings is 1. The summed E-state index contributed by atoms with van der Waals surface area (Å²) in [6.07, 6.45) is 34.4. The molecule has 1 aromatic rings. The van der Waals surface area contributed by atoms with Crippen LogP contribution in [0.5, 0.6) is 11.5 Å². The van der Waals surface area contributed by atoms with E-state index in [0.29, 0.717) is 12.2 Å². The SMILES string of the molecule is CCCCCCCCCCCCCCCCCCCCCCCCCOC(=O)/C=C/c1ccc(O)c(O)c1. The molecule has 4 nitrogen and oxygen atoms in total. The van der Waals surface area contributed by atoms with Crippen LogP contribution in [0.3, 0.4) is 0 Å². The summed E-state index contributed by atoms with van der Waals surface area (Å²) in [5.41, 5.74) is 0.636. The molecule has 38 heavy (non-hydrogen) atoms. The first-order valence-electron chi connectivity index (χ1n) is 16.0. The summed E-state index contributed by atoms with van der Waals surface area (Å²) < 4.78 is 5.23. The largest absolute Gasteiger partial charge is 0.504 e. The summed E-state index contributed by atoms with van der Waals surface area (Å²) in [6.45, 7) is 2.74. The molecule has 0 bridgehead atoms. The van der Waals surface area contributed by atoms with Crippen molar-refractivity contribution in [2.24, 2.45) is 0 Å². The van der Waals surface area contributed by atoms with E-state index in [-0.39, 0.29) is 17.5 Å². The highest BCUT2D eigenvalue weighted by molar-refractivity contribution is 5.87. The lowest BCUT2D eigenvalue weighted by Gasteiger charge is -2.04. The van der Waals surface area contributed by atoms with Crippen molar-refractivity contribution in [1.82, 2.24) is 0 Å². The first-order chi connectivity index (χ1) is 18.6. The highest BCUT2D eigenvalue weighted by Gasteiger charge is 2.01. The number of hydrogen-bond acceptors (Lipinski definition) is 4. The van der Waals surface area contributed by atoms with Crippen LogP contribution in [0.25, 0.3) is 6.08 Å². The Morgan fingerprint density at radius 1 is 0.605 bits per heavy atom. The van der Waals surface area contributed by atoms with Crippen LogP contribution in [0.4, 0.5) is 0 Å². The third-order valence-electron chi connectivity index (χ3n) is 7.40. The zero-order valence-electron chi connectivity index (χ0n) is 24.6. The van der Waals surface area contributed by atoms with Gasteiger partial charge in [-0.1, -0.05) is 154 Å². The van der Waals surface area contributed by atoms with Gasteiger partial charge in [0.25, 0.3) is 0 Å². The summed E-state index contributed by atoms with van der Waals surface area (Å²) in [5, 5.41) is 18.8. The Kier molecular flexibility index (Phi) is 22.7. The normalized spacial score (nSPS) is 11.4. The minimum absolute atomic E-state index is 0.176. The lowest BCUT2D eigenvalue weighted by Crippen LogP contribution is -2.02. The minimum atomic E-state index is -0.378. The maximum absolute atomic E-state index is 11.8. The van der Waals surface area contributed by atoms with Crippen molar-refractivity contribution in [3.8, 4) is 11.5 Å². The summed E-state index contributed by atoms with van der Waals surface area (Å²) in [6, 6.07) is 4.42. The maximum Gasteiger partial charge on any atom is 0.330 e. The molecular weight excluding hydrogens is 472 g/mol. The molecule has 0 spiro atoms. The quantitative estimate of drug-likeness (QED) is 0.0541. The Morgan fingerprint density at radius 2 is 1.00 bits per heavy atom. The molecule has 0 amide bonds. The Morgan fingerprint density at radius 3 is 1.39 bits per heavy atom. The number of unbranched alkanes of at least 4 members (excludes halogenated alkanes) is 22. The minimum Gasteiger partial charge on any atom is -0.504 e. The van der Waals surface area contributed by atoms with Crippen molar-refractivity contribution < 1.29 is 19.7 Å². The second kappa shape index (κ2) is 25.3. The molecule has 1 rings (SSSR count). The van der Waals surface area contributed by atoms with E-state index in [0.717, 1.165) is 12.8 Å². The van der Waals surface area contributed by atoms with E-state index in [9.17, 15) is 15.0 Å². The predicted octanol–water partition coefficient (Wildman–Crippen LogP) is 10.6. The van der Waals surface area contributed by atoms with Gasteiger partial charge in [-0.3, -0.25) is 0 Å². The summed E-state index contributed by atoms with van der Waals surface area (Å²) >= 11 is 0. The molecule has 0 radical (unpaired) electrons. The number of aromatic hydroxyl groups is 2. The monoisotopic (exact) mass is 530 g/mol. The lowest BCUT2D eigenvalue weighted by molar-refractivity contribution is -0.137. The van der Waals surface area contributed by atoms with Gasteiger partial charge in [0.15, 0.2) is 11.5 Å². The molecule has 0 fully saturated rings. The lowest BCUT2D eigenvalue weighted by atomic mass is 10.0. The molecule has 0 atom stereocenters. The average Bonchev–Trinajstić information content (AvgIpc) is 2.91. The van der Waals surface area contributed by atoms with Gasteiger partial charge in [-0.25, -0.2) is 4.79 Å². The molecule has 0 aliphatic rings. The Bertz CT molecular complexity index is 712. The molecule has 1 aromatic carbocycles. The van der Waals surface area contributed by atoms with Gasteiger partial charge >= 0.3 is 5.97 Å². The smallest absolute Gasteiger partial charge is 0.330 e. The van der Waals surface area contributed by atoms with Crippen LogP contribution in [0.1, 0.15) is 160 Å². The van der Waals surface area contributed by atoms with Crippen LogP contribution in [0.15, 0.2) is 24.3 Å². The topological polar surface area (TPSA) is 66.8 Å². The second-order valence-electron chi connectivity index (χ2n) is 11.0. The van der Waals surface area contributed by atoms with Crippen LogP contribution in [-0.2, 0) is 9.53 Å². The van der Waals surface area contributed by atoms with Gasteiger partial charge in [0.05, 0.1) is 6.61 Å². The van der Waals surface area contributed by atoms with Crippen LogP contribution >= 0.6 is 0 Å². The highest BCUT2D eigenvalue weighted by Crippen LogP contribution is 2.25. The van der Waals surface area contributed by atoms with E-state index in [1.54, 1.807) is 12.1 Å². The predicted molar refractivity (Wildman–Crippen MR) is 162 cm³/mol. The zero-order valence-corrected chi connectivity index (χ0v) is 24.6. The molecule has 0 heterocycles. The Labute approximate surface area is 234 Å². The fraction of sp³-hybridized carbons (Fsp3) is 0.735. The average molecular weight is 531 g/mol. The van der Waals surface area contributed by atoms with E-state index < -0.39 is 0 Å². The first-order valence-corrected chi connectivity index (χ1v) is 16.0. The first kappa shape index (κ1) is 34.1. The van der Waals surface area contributed by atoms with Gasteiger partial charge in [0, 0.05) is 6.08 Å². The summed E-state index contributed by atoms with van der Waals surface area (Å²) in [7, 11) is 0. The van der Waals surface area contributed by atoms with E-state index in [1.165, 1.54) is 153 Å². The molecule has 0 aliphatic heterocycles. The van der Waals surface area contributed by atoms with Crippen molar-refractivity contribution >= 4 is 12.0 Å². The van der Waals surface area contributed by atoms with Crippen LogP contribution in [0, 0.1) is 0 Å². The number of carbonyl (C=O) groups is 1. The molecule has 4 heteroatoms.